The molecule has 1 aromatic rings. The zero-order chi connectivity index (χ0) is 9.42. The Hall–Kier alpha value is -0.830. The van der Waals surface area contributed by atoms with E-state index < -0.39 is 0 Å². The molecule has 0 amide bonds. The van der Waals surface area contributed by atoms with Crippen LogP contribution in [0.4, 0.5) is 0 Å². The molecular formula is C10H17N3. The third kappa shape index (κ3) is 1.48. The van der Waals surface area contributed by atoms with E-state index in [-0.39, 0.29) is 6.04 Å². The van der Waals surface area contributed by atoms with Crippen molar-refractivity contribution in [1.82, 2.24) is 9.55 Å². The minimum atomic E-state index is 0.154. The molecule has 1 aromatic heterocycles. The summed E-state index contributed by atoms with van der Waals surface area (Å²) < 4.78 is 2.21. The first-order chi connectivity index (χ1) is 6.18. The molecule has 2 heterocycles. The van der Waals surface area contributed by atoms with Crippen LogP contribution in [0, 0.1) is 0 Å². The SMILES string of the molecule is CC(C)c1cn2c(n1)[C@@H](N)CCC2. The van der Waals surface area contributed by atoms with Crippen molar-refractivity contribution < 1.29 is 0 Å². The van der Waals surface area contributed by atoms with Gasteiger partial charge in [0.05, 0.1) is 11.7 Å². The van der Waals surface area contributed by atoms with Gasteiger partial charge < -0.3 is 10.3 Å². The topological polar surface area (TPSA) is 43.8 Å². The van der Waals surface area contributed by atoms with E-state index in [1.54, 1.807) is 0 Å². The molecule has 0 spiro atoms. The predicted molar refractivity (Wildman–Crippen MR) is 52.5 cm³/mol. The molecule has 0 aliphatic carbocycles. The Morgan fingerprint density at radius 1 is 1.62 bits per heavy atom. The zero-order valence-corrected chi connectivity index (χ0v) is 8.33. The van der Waals surface area contributed by atoms with E-state index in [9.17, 15) is 0 Å². The number of fused-ring (bicyclic) bond motifs is 1. The van der Waals surface area contributed by atoms with Crippen molar-refractivity contribution in [1.29, 1.82) is 0 Å². The summed E-state index contributed by atoms with van der Waals surface area (Å²) in [5.41, 5.74) is 7.15. The quantitative estimate of drug-likeness (QED) is 0.714. The molecule has 2 N–H and O–H groups in total. The van der Waals surface area contributed by atoms with E-state index in [1.807, 2.05) is 0 Å². The highest BCUT2D eigenvalue weighted by atomic mass is 15.1. The lowest BCUT2D eigenvalue weighted by atomic mass is 10.1. The number of hydrogen-bond donors (Lipinski definition) is 1. The van der Waals surface area contributed by atoms with Crippen LogP contribution in [0.2, 0.25) is 0 Å². The van der Waals surface area contributed by atoms with Gasteiger partial charge >= 0.3 is 0 Å². The fourth-order valence-corrected chi connectivity index (χ4v) is 1.81. The summed E-state index contributed by atoms with van der Waals surface area (Å²) in [6.07, 6.45) is 4.41. The second-order valence-electron chi connectivity index (χ2n) is 4.12. The number of nitrogens with two attached hydrogens (primary N) is 1. The van der Waals surface area contributed by atoms with Crippen molar-refractivity contribution in [3.05, 3.63) is 17.7 Å². The van der Waals surface area contributed by atoms with Gasteiger partial charge in [0.25, 0.3) is 0 Å². The molecular weight excluding hydrogens is 162 g/mol. The van der Waals surface area contributed by atoms with Crippen LogP contribution in [0.1, 0.15) is 50.2 Å². The fraction of sp³-hybridized carbons (Fsp3) is 0.700. The number of rotatable bonds is 1. The first kappa shape index (κ1) is 8.75. The summed E-state index contributed by atoms with van der Waals surface area (Å²) in [6.45, 7) is 5.42. The summed E-state index contributed by atoms with van der Waals surface area (Å²) in [4.78, 5) is 4.57. The molecule has 1 aliphatic heterocycles. The maximum absolute atomic E-state index is 5.98. The summed E-state index contributed by atoms with van der Waals surface area (Å²) in [5, 5.41) is 0. The van der Waals surface area contributed by atoms with Crippen LogP contribution in [-0.4, -0.2) is 9.55 Å². The molecule has 2 rings (SSSR count). The van der Waals surface area contributed by atoms with Crippen LogP contribution in [0.5, 0.6) is 0 Å². The van der Waals surface area contributed by atoms with Gasteiger partial charge in [0.1, 0.15) is 5.82 Å². The molecule has 0 saturated heterocycles. The Kier molecular flexibility index (Phi) is 2.12. The van der Waals surface area contributed by atoms with Gasteiger partial charge in [0, 0.05) is 12.7 Å². The third-order valence-electron chi connectivity index (χ3n) is 2.66. The summed E-state index contributed by atoms with van der Waals surface area (Å²) in [7, 11) is 0. The second kappa shape index (κ2) is 3.14. The van der Waals surface area contributed by atoms with E-state index in [2.05, 4.69) is 29.6 Å². The highest BCUT2D eigenvalue weighted by Crippen LogP contribution is 2.24. The molecule has 0 fully saturated rings. The van der Waals surface area contributed by atoms with Crippen molar-refractivity contribution in [2.75, 3.05) is 0 Å². The molecule has 1 aliphatic rings. The molecule has 72 valence electrons. The van der Waals surface area contributed by atoms with E-state index in [4.69, 9.17) is 5.73 Å². The van der Waals surface area contributed by atoms with E-state index in [0.717, 1.165) is 18.8 Å². The van der Waals surface area contributed by atoms with Gasteiger partial charge in [-0.05, 0) is 18.8 Å². The van der Waals surface area contributed by atoms with Crippen LogP contribution < -0.4 is 5.73 Å². The van der Waals surface area contributed by atoms with Crippen LogP contribution >= 0.6 is 0 Å². The Bertz CT molecular complexity index is 301. The van der Waals surface area contributed by atoms with Gasteiger partial charge in [-0.2, -0.15) is 0 Å². The first-order valence-electron chi connectivity index (χ1n) is 5.01. The van der Waals surface area contributed by atoms with Crippen molar-refractivity contribution in [2.24, 2.45) is 5.73 Å². The lowest BCUT2D eigenvalue weighted by Gasteiger charge is -2.19. The maximum Gasteiger partial charge on any atom is 0.125 e. The monoisotopic (exact) mass is 179 g/mol. The first-order valence-corrected chi connectivity index (χ1v) is 5.01. The molecule has 0 bridgehead atoms. The summed E-state index contributed by atoms with van der Waals surface area (Å²) in [5.74, 6) is 1.58. The molecule has 0 saturated carbocycles. The molecule has 13 heavy (non-hydrogen) atoms. The van der Waals surface area contributed by atoms with Crippen LogP contribution in [0.3, 0.4) is 0 Å². The average molecular weight is 179 g/mol. The van der Waals surface area contributed by atoms with Gasteiger partial charge in [-0.3, -0.25) is 0 Å². The van der Waals surface area contributed by atoms with Gasteiger partial charge in [-0.1, -0.05) is 13.8 Å². The van der Waals surface area contributed by atoms with Gasteiger partial charge in [0.2, 0.25) is 0 Å². The molecule has 3 nitrogen and oxygen atoms in total. The Labute approximate surface area is 79.0 Å². The van der Waals surface area contributed by atoms with Gasteiger partial charge in [-0.25, -0.2) is 4.98 Å². The molecule has 0 radical (unpaired) electrons. The summed E-state index contributed by atoms with van der Waals surface area (Å²) >= 11 is 0. The van der Waals surface area contributed by atoms with Crippen molar-refractivity contribution >= 4 is 0 Å². The number of imidazole rings is 1. The minimum absolute atomic E-state index is 0.154. The smallest absolute Gasteiger partial charge is 0.125 e. The largest absolute Gasteiger partial charge is 0.333 e. The Morgan fingerprint density at radius 3 is 3.00 bits per heavy atom. The number of aryl methyl sites for hydroxylation is 1. The third-order valence-corrected chi connectivity index (χ3v) is 2.66. The number of hydrogen-bond acceptors (Lipinski definition) is 2. The molecule has 3 heteroatoms. The van der Waals surface area contributed by atoms with Crippen LogP contribution in [0.15, 0.2) is 6.20 Å². The van der Waals surface area contributed by atoms with Gasteiger partial charge in [0.15, 0.2) is 0 Å². The second-order valence-corrected chi connectivity index (χ2v) is 4.12. The van der Waals surface area contributed by atoms with Crippen LogP contribution in [-0.2, 0) is 6.54 Å². The lowest BCUT2D eigenvalue weighted by molar-refractivity contribution is 0.451. The Morgan fingerprint density at radius 2 is 2.38 bits per heavy atom. The highest BCUT2D eigenvalue weighted by molar-refractivity contribution is 5.12. The minimum Gasteiger partial charge on any atom is -0.333 e. The number of nitrogens with zero attached hydrogens (tertiary/aromatic N) is 2. The lowest BCUT2D eigenvalue weighted by Crippen LogP contribution is -2.21. The van der Waals surface area contributed by atoms with Crippen molar-refractivity contribution in [3.8, 4) is 0 Å². The number of aromatic nitrogens is 2. The zero-order valence-electron chi connectivity index (χ0n) is 8.33. The van der Waals surface area contributed by atoms with Gasteiger partial charge in [-0.15, -0.1) is 0 Å². The maximum atomic E-state index is 5.98. The normalized spacial score (nSPS) is 22.0. The molecule has 0 aromatic carbocycles. The average Bonchev–Trinajstić information content (AvgIpc) is 2.49. The summed E-state index contributed by atoms with van der Waals surface area (Å²) in [6, 6.07) is 0.154. The fourth-order valence-electron chi connectivity index (χ4n) is 1.81. The standard InChI is InChI=1S/C10H17N3/c1-7(2)9-6-13-5-3-4-8(11)10(13)12-9/h6-8H,3-5,11H2,1-2H3/t8-/m0/s1. The predicted octanol–water partition coefficient (Wildman–Crippen LogP) is 1.80. The van der Waals surface area contributed by atoms with E-state index >= 15 is 0 Å². The molecule has 1 atom stereocenters. The van der Waals surface area contributed by atoms with Crippen molar-refractivity contribution in [3.63, 3.8) is 0 Å². The van der Waals surface area contributed by atoms with Crippen molar-refractivity contribution in [2.45, 2.75) is 45.2 Å². The Balaban J connectivity index is 2.36. The highest BCUT2D eigenvalue weighted by Gasteiger charge is 2.20. The van der Waals surface area contributed by atoms with E-state index in [1.165, 1.54) is 12.1 Å². The van der Waals surface area contributed by atoms with Crippen LogP contribution in [0.25, 0.3) is 0 Å². The van der Waals surface area contributed by atoms with E-state index in [0.29, 0.717) is 5.92 Å². The molecule has 0 unspecified atom stereocenters.